The molecular formula is C14H12ClIN2O. The number of nitrogens with one attached hydrogen (secondary N) is 1. The number of carbonyl (C=O) groups excluding carboxylic acids is 1. The fourth-order valence-corrected chi connectivity index (χ4v) is 2.31. The number of amides is 1. The van der Waals surface area contributed by atoms with Crippen LogP contribution in [0, 0.1) is 10.5 Å². The quantitative estimate of drug-likeness (QED) is 0.603. The van der Waals surface area contributed by atoms with Gasteiger partial charge in [-0.2, -0.15) is 0 Å². The first-order chi connectivity index (χ1) is 8.97. The fourth-order valence-electron chi connectivity index (χ4n) is 1.61. The van der Waals surface area contributed by atoms with Gasteiger partial charge in [0.25, 0.3) is 5.91 Å². The number of hydrogen-bond donors (Lipinski definition) is 2. The third kappa shape index (κ3) is 3.39. The third-order valence-corrected chi connectivity index (χ3v) is 4.09. The van der Waals surface area contributed by atoms with Crippen molar-refractivity contribution in [2.24, 2.45) is 0 Å². The van der Waals surface area contributed by atoms with Gasteiger partial charge in [-0.25, -0.2) is 0 Å². The van der Waals surface area contributed by atoms with Gasteiger partial charge >= 0.3 is 0 Å². The fraction of sp³-hybridized carbons (Fsp3) is 0.0714. The molecule has 0 aliphatic heterocycles. The highest BCUT2D eigenvalue weighted by Crippen LogP contribution is 2.21. The van der Waals surface area contributed by atoms with Crippen LogP contribution in [-0.2, 0) is 0 Å². The van der Waals surface area contributed by atoms with Crippen molar-refractivity contribution in [3.63, 3.8) is 0 Å². The molecule has 0 bridgehead atoms. The monoisotopic (exact) mass is 386 g/mol. The lowest BCUT2D eigenvalue weighted by Gasteiger charge is -2.09. The number of halogens is 2. The van der Waals surface area contributed by atoms with Crippen molar-refractivity contribution in [2.75, 3.05) is 11.1 Å². The average Bonchev–Trinajstić information content (AvgIpc) is 2.33. The molecule has 98 valence electrons. The van der Waals surface area contributed by atoms with Crippen LogP contribution in [0.4, 0.5) is 11.4 Å². The van der Waals surface area contributed by atoms with Crippen molar-refractivity contribution < 1.29 is 4.79 Å². The van der Waals surface area contributed by atoms with Gasteiger partial charge in [0.1, 0.15) is 0 Å². The molecule has 0 aliphatic carbocycles. The van der Waals surface area contributed by atoms with E-state index in [0.29, 0.717) is 16.3 Å². The molecule has 3 N–H and O–H groups in total. The van der Waals surface area contributed by atoms with E-state index in [1.54, 1.807) is 18.2 Å². The molecular weight excluding hydrogens is 375 g/mol. The first-order valence-electron chi connectivity index (χ1n) is 5.60. The molecule has 2 aromatic rings. The number of nitrogens with two attached hydrogens (primary N) is 1. The maximum atomic E-state index is 12.1. The molecule has 0 saturated carbocycles. The van der Waals surface area contributed by atoms with Crippen molar-refractivity contribution in [3.8, 4) is 0 Å². The first-order valence-corrected chi connectivity index (χ1v) is 7.05. The minimum Gasteiger partial charge on any atom is -0.398 e. The van der Waals surface area contributed by atoms with Gasteiger partial charge in [0.2, 0.25) is 0 Å². The molecule has 2 aromatic carbocycles. The molecule has 2 rings (SSSR count). The van der Waals surface area contributed by atoms with E-state index in [-0.39, 0.29) is 5.91 Å². The lowest BCUT2D eigenvalue weighted by molar-refractivity contribution is 0.102. The molecule has 0 fully saturated rings. The minimum atomic E-state index is -0.242. The molecule has 19 heavy (non-hydrogen) atoms. The Bertz CT molecular complexity index is 643. The third-order valence-electron chi connectivity index (χ3n) is 2.69. The van der Waals surface area contributed by atoms with E-state index in [1.165, 1.54) is 5.56 Å². The number of hydrogen-bond acceptors (Lipinski definition) is 2. The average molecular weight is 387 g/mol. The lowest BCUT2D eigenvalue weighted by atomic mass is 10.1. The van der Waals surface area contributed by atoms with Crippen LogP contribution in [0.25, 0.3) is 0 Å². The molecule has 5 heteroatoms. The topological polar surface area (TPSA) is 55.1 Å². The van der Waals surface area contributed by atoms with Gasteiger partial charge < -0.3 is 11.1 Å². The number of benzene rings is 2. The Kier molecular flexibility index (Phi) is 4.31. The molecule has 3 nitrogen and oxygen atoms in total. The largest absolute Gasteiger partial charge is 0.398 e. The van der Waals surface area contributed by atoms with Crippen LogP contribution in [0.15, 0.2) is 36.4 Å². The van der Waals surface area contributed by atoms with E-state index < -0.39 is 0 Å². The van der Waals surface area contributed by atoms with Crippen molar-refractivity contribution in [2.45, 2.75) is 6.92 Å². The van der Waals surface area contributed by atoms with E-state index in [2.05, 4.69) is 27.9 Å². The Morgan fingerprint density at radius 1 is 1.26 bits per heavy atom. The zero-order chi connectivity index (χ0) is 14.0. The van der Waals surface area contributed by atoms with Gasteiger partial charge in [-0.05, 0) is 65.4 Å². The summed E-state index contributed by atoms with van der Waals surface area (Å²) in [4.78, 5) is 12.1. The second-order valence-electron chi connectivity index (χ2n) is 4.15. The Labute approximate surface area is 130 Å². The van der Waals surface area contributed by atoms with Gasteiger partial charge in [0, 0.05) is 20.0 Å². The van der Waals surface area contributed by atoms with Crippen molar-refractivity contribution in [3.05, 3.63) is 56.1 Å². The second-order valence-corrected chi connectivity index (χ2v) is 5.75. The van der Waals surface area contributed by atoms with Gasteiger partial charge in [0.05, 0.1) is 5.56 Å². The summed E-state index contributed by atoms with van der Waals surface area (Å²) < 4.78 is 1.10. The Hall–Kier alpha value is -1.27. The predicted molar refractivity (Wildman–Crippen MR) is 87.7 cm³/mol. The predicted octanol–water partition coefficient (Wildman–Crippen LogP) is 4.09. The summed E-state index contributed by atoms with van der Waals surface area (Å²) in [6, 6.07) is 10.6. The molecule has 0 unspecified atom stereocenters. The van der Waals surface area contributed by atoms with Crippen LogP contribution in [0.3, 0.4) is 0 Å². The highest BCUT2D eigenvalue weighted by molar-refractivity contribution is 14.1. The number of carbonyl (C=O) groups is 1. The van der Waals surface area contributed by atoms with Crippen LogP contribution in [0.2, 0.25) is 5.02 Å². The highest BCUT2D eigenvalue weighted by Gasteiger charge is 2.10. The van der Waals surface area contributed by atoms with Gasteiger partial charge in [-0.15, -0.1) is 0 Å². The number of aryl methyl sites for hydroxylation is 1. The van der Waals surface area contributed by atoms with E-state index >= 15 is 0 Å². The Morgan fingerprint density at radius 3 is 2.63 bits per heavy atom. The zero-order valence-corrected chi connectivity index (χ0v) is 13.1. The molecule has 0 saturated heterocycles. The molecule has 0 heterocycles. The minimum absolute atomic E-state index is 0.242. The Morgan fingerprint density at radius 2 is 2.00 bits per heavy atom. The molecule has 1 amide bonds. The summed E-state index contributed by atoms with van der Waals surface area (Å²) in [7, 11) is 0. The van der Waals surface area contributed by atoms with Gasteiger partial charge in [-0.3, -0.25) is 4.79 Å². The lowest BCUT2D eigenvalue weighted by Crippen LogP contribution is -2.14. The van der Waals surface area contributed by atoms with E-state index in [4.69, 9.17) is 17.3 Å². The Balaban J connectivity index is 2.23. The normalized spacial score (nSPS) is 10.3. The van der Waals surface area contributed by atoms with Crippen molar-refractivity contribution in [1.82, 2.24) is 0 Å². The summed E-state index contributed by atoms with van der Waals surface area (Å²) in [6.45, 7) is 2.02. The van der Waals surface area contributed by atoms with Crippen LogP contribution >= 0.6 is 34.2 Å². The zero-order valence-electron chi connectivity index (χ0n) is 10.2. The smallest absolute Gasteiger partial charge is 0.257 e. The number of nitrogen functional groups attached to an aromatic ring is 1. The molecule has 0 atom stereocenters. The van der Waals surface area contributed by atoms with Crippen LogP contribution in [0.5, 0.6) is 0 Å². The van der Waals surface area contributed by atoms with E-state index in [0.717, 1.165) is 9.26 Å². The van der Waals surface area contributed by atoms with Crippen LogP contribution in [0.1, 0.15) is 15.9 Å². The summed E-state index contributed by atoms with van der Waals surface area (Å²) in [6.07, 6.45) is 0. The summed E-state index contributed by atoms with van der Waals surface area (Å²) in [5.41, 5.74) is 8.48. The maximum absolute atomic E-state index is 12.1. The summed E-state index contributed by atoms with van der Waals surface area (Å²) in [5.74, 6) is -0.242. The van der Waals surface area contributed by atoms with Crippen LogP contribution in [-0.4, -0.2) is 5.91 Å². The van der Waals surface area contributed by atoms with E-state index in [9.17, 15) is 4.79 Å². The van der Waals surface area contributed by atoms with E-state index in [1.807, 2.05) is 25.1 Å². The second kappa shape index (κ2) is 5.79. The highest BCUT2D eigenvalue weighted by atomic mass is 127. The molecule has 0 spiro atoms. The van der Waals surface area contributed by atoms with Gasteiger partial charge in [0.15, 0.2) is 0 Å². The first kappa shape index (κ1) is 14.1. The summed E-state index contributed by atoms with van der Waals surface area (Å²) >= 11 is 8.04. The summed E-state index contributed by atoms with van der Waals surface area (Å²) in [5, 5.41) is 3.33. The SMILES string of the molecule is Cc1ccc(NC(=O)c2ccc(Cl)cc2N)cc1I. The molecule has 0 radical (unpaired) electrons. The maximum Gasteiger partial charge on any atom is 0.257 e. The van der Waals surface area contributed by atoms with Crippen LogP contribution < -0.4 is 11.1 Å². The molecule has 0 aromatic heterocycles. The molecule has 0 aliphatic rings. The van der Waals surface area contributed by atoms with Crippen molar-refractivity contribution in [1.29, 1.82) is 0 Å². The van der Waals surface area contributed by atoms with Crippen molar-refractivity contribution >= 4 is 51.5 Å². The number of rotatable bonds is 2. The number of anilines is 2. The van der Waals surface area contributed by atoms with Gasteiger partial charge in [-0.1, -0.05) is 17.7 Å². The standard InChI is InChI=1S/C14H12ClIN2O/c1-8-2-4-10(7-12(8)16)18-14(19)11-5-3-9(15)6-13(11)17/h2-7H,17H2,1H3,(H,18,19).